The second-order valence-corrected chi connectivity index (χ2v) is 12.9. The van der Waals surface area contributed by atoms with Crippen molar-refractivity contribution in [2.45, 2.75) is 65.7 Å². The number of aryl methyl sites for hydroxylation is 3. The van der Waals surface area contributed by atoms with E-state index in [1.54, 1.807) is 11.7 Å². The van der Waals surface area contributed by atoms with E-state index < -0.39 is 17.7 Å². The summed E-state index contributed by atoms with van der Waals surface area (Å²) in [6.45, 7) is 8.28. The smallest absolute Gasteiger partial charge is 0.410 e. The highest BCUT2D eigenvalue weighted by molar-refractivity contribution is 6.04. The molecule has 2 N–H and O–H groups in total. The van der Waals surface area contributed by atoms with Crippen LogP contribution in [-0.4, -0.2) is 67.3 Å². The Morgan fingerprint density at radius 2 is 1.68 bits per heavy atom. The van der Waals surface area contributed by atoms with Gasteiger partial charge in [-0.25, -0.2) is 9.59 Å². The average Bonchev–Trinajstić information content (AvgIpc) is 3.51. The number of rotatable bonds is 12. The molecule has 0 aliphatic rings. The lowest BCUT2D eigenvalue weighted by atomic mass is 9.98. The van der Waals surface area contributed by atoms with Crippen LogP contribution in [0.1, 0.15) is 61.1 Å². The number of hydrogen-bond acceptors (Lipinski definition) is 6. The quantitative estimate of drug-likeness (QED) is 0.142. The fourth-order valence-corrected chi connectivity index (χ4v) is 6.19. The molecule has 248 valence electrons. The van der Waals surface area contributed by atoms with Crippen molar-refractivity contribution in [3.63, 3.8) is 0 Å². The number of amides is 1. The van der Waals surface area contributed by atoms with Gasteiger partial charge in [0.25, 0.3) is 0 Å². The first-order chi connectivity index (χ1) is 22.4. The molecule has 1 amide bonds. The number of carbonyl (C=O) groups is 2. The Labute approximate surface area is 275 Å². The molecule has 3 aromatic carbocycles. The molecular formula is C37H44N4O6. The van der Waals surface area contributed by atoms with Gasteiger partial charge in [0.1, 0.15) is 17.0 Å². The predicted octanol–water partition coefficient (Wildman–Crippen LogP) is 6.96. The van der Waals surface area contributed by atoms with Gasteiger partial charge in [-0.15, -0.1) is 0 Å². The lowest BCUT2D eigenvalue weighted by molar-refractivity contribution is 0.0294. The third-order valence-electron chi connectivity index (χ3n) is 8.37. The molecule has 0 saturated carbocycles. The molecular weight excluding hydrogens is 596 g/mol. The Hall–Kier alpha value is -4.83. The summed E-state index contributed by atoms with van der Waals surface area (Å²) in [6, 6.07) is 19.9. The number of fused-ring (bicyclic) bond motifs is 2. The van der Waals surface area contributed by atoms with Crippen LogP contribution in [-0.2, 0) is 31.4 Å². The van der Waals surface area contributed by atoms with E-state index in [2.05, 4.69) is 5.10 Å². The molecule has 0 atom stereocenters. The maximum Gasteiger partial charge on any atom is 0.410 e. The molecule has 5 rings (SSSR count). The van der Waals surface area contributed by atoms with Crippen molar-refractivity contribution in [3.05, 3.63) is 83.3 Å². The van der Waals surface area contributed by atoms with Crippen LogP contribution >= 0.6 is 0 Å². The van der Waals surface area contributed by atoms with E-state index in [0.717, 1.165) is 49.8 Å². The summed E-state index contributed by atoms with van der Waals surface area (Å²) < 4.78 is 15.3. The fourth-order valence-electron chi connectivity index (χ4n) is 6.19. The van der Waals surface area contributed by atoms with Crippen LogP contribution in [0.5, 0.6) is 5.75 Å². The van der Waals surface area contributed by atoms with Crippen LogP contribution in [0.25, 0.3) is 32.8 Å². The average molecular weight is 641 g/mol. The minimum atomic E-state index is -1.03. The highest BCUT2D eigenvalue weighted by Crippen LogP contribution is 2.38. The monoisotopic (exact) mass is 640 g/mol. The number of nitrogens with zero attached hydrogens (tertiary/aromatic N) is 4. The van der Waals surface area contributed by atoms with Crippen molar-refractivity contribution in [2.75, 3.05) is 20.2 Å². The van der Waals surface area contributed by atoms with Crippen LogP contribution in [0.4, 0.5) is 4.79 Å². The van der Waals surface area contributed by atoms with Gasteiger partial charge in [0.2, 0.25) is 0 Å². The first kappa shape index (κ1) is 33.5. The molecule has 0 radical (unpaired) electrons. The van der Waals surface area contributed by atoms with Gasteiger partial charge < -0.3 is 29.2 Å². The lowest BCUT2D eigenvalue weighted by Crippen LogP contribution is -2.35. The van der Waals surface area contributed by atoms with Crippen LogP contribution in [0.3, 0.4) is 0 Å². The van der Waals surface area contributed by atoms with Crippen LogP contribution in [0.15, 0.2) is 60.7 Å². The van der Waals surface area contributed by atoms with Gasteiger partial charge >= 0.3 is 12.1 Å². The normalized spacial score (nSPS) is 11.7. The number of hydrogen-bond donors (Lipinski definition) is 2. The highest BCUT2D eigenvalue weighted by atomic mass is 16.6. The zero-order valence-corrected chi connectivity index (χ0v) is 28.0. The van der Waals surface area contributed by atoms with Gasteiger partial charge in [-0.3, -0.25) is 4.68 Å². The number of para-hydroxylation sites is 1. The fraction of sp³-hybridized carbons (Fsp3) is 0.378. The first-order valence-electron chi connectivity index (χ1n) is 16.0. The first-order valence-corrected chi connectivity index (χ1v) is 16.0. The lowest BCUT2D eigenvalue weighted by Gasteiger charge is -2.24. The predicted molar refractivity (Wildman–Crippen MR) is 183 cm³/mol. The second kappa shape index (κ2) is 13.9. The summed E-state index contributed by atoms with van der Waals surface area (Å²) >= 11 is 0. The molecule has 10 heteroatoms. The SMILES string of the molecule is Cc1c(-c2cccc3c(CCCOc4cccc5ccccc45)c(C(=O)O)n(CCCN(C)C(=O)OC(C)(C)C)c23)c(CO)nn1C. The van der Waals surface area contributed by atoms with E-state index in [1.807, 2.05) is 100.0 Å². The zero-order chi connectivity index (χ0) is 33.9. The third kappa shape index (κ3) is 7.12. The van der Waals surface area contributed by atoms with E-state index in [0.29, 0.717) is 44.7 Å². The Morgan fingerprint density at radius 3 is 2.40 bits per heavy atom. The Bertz CT molecular complexity index is 1910. The molecule has 0 unspecified atom stereocenters. The molecule has 2 aromatic heterocycles. The van der Waals surface area contributed by atoms with Crippen molar-refractivity contribution >= 4 is 33.7 Å². The van der Waals surface area contributed by atoms with Gasteiger partial charge in [0, 0.05) is 54.8 Å². The molecule has 0 bridgehead atoms. The Morgan fingerprint density at radius 1 is 0.979 bits per heavy atom. The summed E-state index contributed by atoms with van der Waals surface area (Å²) in [4.78, 5) is 27.2. The van der Waals surface area contributed by atoms with Crippen molar-refractivity contribution in [1.82, 2.24) is 19.2 Å². The summed E-state index contributed by atoms with van der Waals surface area (Å²) in [5, 5.41) is 28.3. The van der Waals surface area contributed by atoms with Crippen molar-refractivity contribution < 1.29 is 29.3 Å². The Kier molecular flexibility index (Phi) is 9.91. The van der Waals surface area contributed by atoms with Gasteiger partial charge in [-0.2, -0.15) is 5.10 Å². The molecule has 47 heavy (non-hydrogen) atoms. The number of aliphatic hydroxyl groups is 1. The number of carboxylic acid groups (broad SMARTS) is 1. The van der Waals surface area contributed by atoms with Crippen molar-refractivity contribution in [1.29, 1.82) is 0 Å². The number of aromatic carboxylic acids is 1. The maximum absolute atomic E-state index is 13.0. The number of carboxylic acids is 1. The molecule has 0 aliphatic carbocycles. The maximum atomic E-state index is 13.0. The van der Waals surface area contributed by atoms with Crippen LogP contribution < -0.4 is 4.74 Å². The molecule has 0 saturated heterocycles. The molecule has 10 nitrogen and oxygen atoms in total. The Balaban J connectivity index is 1.50. The highest BCUT2D eigenvalue weighted by Gasteiger charge is 2.27. The third-order valence-corrected chi connectivity index (χ3v) is 8.37. The van der Waals surface area contributed by atoms with Crippen LogP contribution in [0, 0.1) is 6.92 Å². The topological polar surface area (TPSA) is 119 Å². The van der Waals surface area contributed by atoms with Gasteiger partial charge in [0.05, 0.1) is 24.4 Å². The molecule has 2 heterocycles. The number of carbonyl (C=O) groups excluding carboxylic acids is 1. The van der Waals surface area contributed by atoms with E-state index in [1.165, 1.54) is 4.90 Å². The summed E-state index contributed by atoms with van der Waals surface area (Å²) in [7, 11) is 3.51. The van der Waals surface area contributed by atoms with E-state index >= 15 is 0 Å². The summed E-state index contributed by atoms with van der Waals surface area (Å²) in [6.07, 6.45) is 1.15. The van der Waals surface area contributed by atoms with E-state index in [-0.39, 0.29) is 12.3 Å². The summed E-state index contributed by atoms with van der Waals surface area (Å²) in [5.74, 6) is -0.230. The number of ether oxygens (including phenoxy) is 2. The molecule has 0 spiro atoms. The van der Waals surface area contributed by atoms with Crippen molar-refractivity contribution in [2.24, 2.45) is 7.05 Å². The molecule has 0 fully saturated rings. The minimum absolute atomic E-state index is 0.213. The minimum Gasteiger partial charge on any atom is -0.493 e. The zero-order valence-electron chi connectivity index (χ0n) is 28.0. The number of aromatic nitrogens is 3. The van der Waals surface area contributed by atoms with Gasteiger partial charge in [-0.05, 0) is 64.0 Å². The number of aliphatic hydroxyl groups excluding tert-OH is 1. The summed E-state index contributed by atoms with van der Waals surface area (Å²) in [5.41, 5.74) is 4.06. The largest absolute Gasteiger partial charge is 0.493 e. The standard InChI is InChI=1S/C37H44N4O6/c1-24-32(30(23-42)38-40(24)6)29-17-10-16-27-28(18-11-22-46-31-19-9-14-25-13-7-8-15-26(25)31)34(35(43)44)41(33(27)29)21-12-20-39(5)36(45)47-37(2,3)4/h7-10,13-17,19,42H,11-12,18,20-23H2,1-6H3,(H,43,44). The van der Waals surface area contributed by atoms with Crippen LogP contribution in [0.2, 0.25) is 0 Å². The number of benzene rings is 3. The second-order valence-electron chi connectivity index (χ2n) is 12.9. The van der Waals surface area contributed by atoms with E-state index in [4.69, 9.17) is 9.47 Å². The molecule has 5 aromatic rings. The van der Waals surface area contributed by atoms with Crippen molar-refractivity contribution in [3.8, 4) is 16.9 Å². The van der Waals surface area contributed by atoms with Gasteiger partial charge in [0.15, 0.2) is 0 Å². The van der Waals surface area contributed by atoms with E-state index in [9.17, 15) is 19.8 Å². The molecule has 0 aliphatic heterocycles. The van der Waals surface area contributed by atoms with Gasteiger partial charge in [-0.1, -0.05) is 54.6 Å².